The molecule has 11 heteroatoms. The van der Waals surface area contributed by atoms with Crippen LogP contribution < -0.4 is 4.74 Å². The van der Waals surface area contributed by atoms with Gasteiger partial charge in [-0.15, -0.1) is 0 Å². The summed E-state index contributed by atoms with van der Waals surface area (Å²) in [6, 6.07) is 14.2. The molecule has 4 heterocycles. The van der Waals surface area contributed by atoms with E-state index in [9.17, 15) is 14.3 Å². The van der Waals surface area contributed by atoms with Gasteiger partial charge in [-0.05, 0) is 79.9 Å². The number of carbonyl (C=O) groups is 1. The molecular weight excluding hydrogens is 657 g/mol. The molecule has 50 heavy (non-hydrogen) atoms. The molecule has 7 rings (SSSR count). The second-order valence-electron chi connectivity index (χ2n) is 13.4. The first-order chi connectivity index (χ1) is 24.3. The van der Waals surface area contributed by atoms with Crippen LogP contribution in [0.1, 0.15) is 53.6 Å². The van der Waals surface area contributed by atoms with Crippen molar-refractivity contribution in [3.63, 3.8) is 0 Å². The summed E-state index contributed by atoms with van der Waals surface area (Å²) in [6.07, 6.45) is 3.64. The Bertz CT molecular complexity index is 2020. The molecule has 1 saturated heterocycles. The van der Waals surface area contributed by atoms with E-state index in [2.05, 4.69) is 16.7 Å². The lowest BCUT2D eigenvalue weighted by Gasteiger charge is -2.30. The summed E-state index contributed by atoms with van der Waals surface area (Å²) >= 11 is 7.15. The van der Waals surface area contributed by atoms with Crippen LogP contribution in [0.4, 0.5) is 4.39 Å². The average molecular weight is 702 g/mol. The topological polar surface area (TPSA) is 85.0 Å². The molecule has 0 bridgehead atoms. The fourth-order valence-corrected chi connectivity index (χ4v) is 8.10. The van der Waals surface area contributed by atoms with Crippen LogP contribution in [-0.2, 0) is 37.7 Å². The summed E-state index contributed by atoms with van der Waals surface area (Å²) in [4.78, 5) is 18.1. The van der Waals surface area contributed by atoms with Crippen LogP contribution in [0.3, 0.4) is 0 Å². The van der Waals surface area contributed by atoms with Gasteiger partial charge in [0.1, 0.15) is 17.3 Å². The minimum absolute atomic E-state index is 0.289. The molecular formula is C39H45ClFN5O4. The Morgan fingerprint density at radius 1 is 1.00 bits per heavy atom. The molecule has 0 atom stereocenters. The van der Waals surface area contributed by atoms with Gasteiger partial charge in [0, 0.05) is 73.9 Å². The van der Waals surface area contributed by atoms with Gasteiger partial charge in [-0.25, -0.2) is 9.18 Å². The van der Waals surface area contributed by atoms with Gasteiger partial charge < -0.3 is 19.1 Å². The van der Waals surface area contributed by atoms with Crippen LogP contribution in [0, 0.1) is 5.82 Å². The third-order valence-corrected chi connectivity index (χ3v) is 10.6. The minimum Gasteiger partial charge on any atom is -0.493 e. The first-order valence-corrected chi connectivity index (χ1v) is 18.2. The van der Waals surface area contributed by atoms with Gasteiger partial charge in [0.25, 0.3) is 0 Å². The number of ether oxygens (including phenoxy) is 2. The SMILES string of the molecule is CCc1c2c(nn1C)CN(CCN1CCOCC1)CCCCn1c(C(=O)O)c(CCCOc3cccc4cc(F)ccc34)c3ccc(Cl)c-2c31. The largest absolute Gasteiger partial charge is 0.493 e. The molecule has 1 fully saturated rings. The third kappa shape index (κ3) is 6.86. The highest BCUT2D eigenvalue weighted by Gasteiger charge is 2.30. The van der Waals surface area contributed by atoms with E-state index in [1.165, 1.54) is 12.1 Å². The van der Waals surface area contributed by atoms with E-state index in [0.29, 0.717) is 49.0 Å². The number of aromatic nitrogens is 3. The van der Waals surface area contributed by atoms with Crippen molar-refractivity contribution >= 4 is 39.2 Å². The summed E-state index contributed by atoms with van der Waals surface area (Å²) in [5.41, 5.74) is 5.91. The Kier molecular flexibility index (Phi) is 10.4. The molecule has 9 nitrogen and oxygen atoms in total. The summed E-state index contributed by atoms with van der Waals surface area (Å²) in [5.74, 6) is -0.551. The lowest BCUT2D eigenvalue weighted by molar-refractivity contribution is 0.0328. The van der Waals surface area contributed by atoms with Crippen molar-refractivity contribution < 1.29 is 23.8 Å². The molecule has 0 saturated carbocycles. The molecule has 1 N–H and O–H groups in total. The van der Waals surface area contributed by atoms with E-state index >= 15 is 0 Å². The lowest BCUT2D eigenvalue weighted by atomic mass is 9.97. The number of carboxylic acids is 1. The summed E-state index contributed by atoms with van der Waals surface area (Å²) in [7, 11) is 1.99. The van der Waals surface area contributed by atoms with Crippen molar-refractivity contribution in [2.75, 3.05) is 52.5 Å². The molecule has 264 valence electrons. The summed E-state index contributed by atoms with van der Waals surface area (Å²) < 4.78 is 29.6. The zero-order valence-corrected chi connectivity index (χ0v) is 29.6. The zero-order chi connectivity index (χ0) is 34.8. The van der Waals surface area contributed by atoms with Gasteiger partial charge >= 0.3 is 5.97 Å². The van der Waals surface area contributed by atoms with Gasteiger partial charge in [-0.1, -0.05) is 36.7 Å². The van der Waals surface area contributed by atoms with Gasteiger partial charge in [0.15, 0.2) is 0 Å². The molecule has 3 aromatic carbocycles. The number of halogens is 2. The van der Waals surface area contributed by atoms with Crippen LogP contribution in [0.2, 0.25) is 5.02 Å². The van der Waals surface area contributed by atoms with E-state index in [0.717, 1.165) is 115 Å². The number of carboxylic acid groups (broad SMARTS) is 1. The molecule has 2 aliphatic rings. The van der Waals surface area contributed by atoms with Crippen molar-refractivity contribution in [3.8, 4) is 16.9 Å². The highest BCUT2D eigenvalue weighted by Crippen LogP contribution is 2.43. The number of aromatic carboxylic acids is 1. The summed E-state index contributed by atoms with van der Waals surface area (Å²) in [5, 5.41) is 19.0. The monoisotopic (exact) mass is 701 g/mol. The molecule has 2 aromatic heterocycles. The van der Waals surface area contributed by atoms with Crippen LogP contribution in [0.25, 0.3) is 32.8 Å². The second kappa shape index (κ2) is 15.1. The van der Waals surface area contributed by atoms with Gasteiger partial charge in [0.05, 0.1) is 36.1 Å². The maximum absolute atomic E-state index is 13.8. The Morgan fingerprint density at radius 3 is 2.58 bits per heavy atom. The molecule has 0 radical (unpaired) electrons. The number of benzene rings is 3. The van der Waals surface area contributed by atoms with Crippen molar-refractivity contribution in [1.29, 1.82) is 0 Å². The molecule has 0 aliphatic carbocycles. The average Bonchev–Trinajstić information content (AvgIpc) is 3.59. The fourth-order valence-electron chi connectivity index (χ4n) is 7.85. The second-order valence-corrected chi connectivity index (χ2v) is 13.8. The Hall–Kier alpha value is -3.96. The molecule has 0 unspecified atom stereocenters. The molecule has 0 spiro atoms. The molecule has 5 aromatic rings. The van der Waals surface area contributed by atoms with E-state index in [1.807, 2.05) is 46.6 Å². The fraction of sp³-hybridized carbons (Fsp3) is 0.436. The minimum atomic E-state index is -0.945. The number of rotatable bonds is 10. The normalized spacial score (nSPS) is 16.1. The van der Waals surface area contributed by atoms with Gasteiger partial charge in [-0.2, -0.15) is 5.10 Å². The maximum atomic E-state index is 13.8. The lowest BCUT2D eigenvalue weighted by Crippen LogP contribution is -2.41. The van der Waals surface area contributed by atoms with Gasteiger partial charge in [0.2, 0.25) is 0 Å². The van der Waals surface area contributed by atoms with E-state index in [1.54, 1.807) is 6.07 Å². The van der Waals surface area contributed by atoms with Crippen LogP contribution in [0.5, 0.6) is 5.75 Å². The van der Waals surface area contributed by atoms with E-state index in [4.69, 9.17) is 26.2 Å². The first kappa shape index (κ1) is 34.5. The van der Waals surface area contributed by atoms with E-state index < -0.39 is 5.97 Å². The standard InChI is InChI=1S/C39H45ClFN5O4/c1-3-33-36-32(42-43(33)2)25-45(18-17-44-19-22-49-23-20-44)15-4-5-16-46-37-30(13-14-31(40)35(36)37)29(38(46)39(47)48)9-7-21-50-34-10-6-8-26-24-27(41)11-12-28(26)34/h6,8,10-14,24H,3-5,7,9,15-23,25H2,1-2H3,(H,47,48). The predicted molar refractivity (Wildman–Crippen MR) is 195 cm³/mol. The third-order valence-electron chi connectivity index (χ3n) is 10.3. The highest BCUT2D eigenvalue weighted by atomic mass is 35.5. The Morgan fingerprint density at radius 2 is 1.78 bits per heavy atom. The number of morpholine rings is 1. The van der Waals surface area contributed by atoms with Crippen molar-refractivity contribution in [3.05, 3.63) is 82.0 Å². The molecule has 0 amide bonds. The molecule has 2 aliphatic heterocycles. The van der Waals surface area contributed by atoms with Crippen molar-refractivity contribution in [2.45, 2.75) is 52.1 Å². The number of nitrogens with zero attached hydrogens (tertiary/aromatic N) is 5. The Labute approximate surface area is 297 Å². The quantitative estimate of drug-likeness (QED) is 0.154. The maximum Gasteiger partial charge on any atom is 0.352 e. The number of fused-ring (bicyclic) bond motifs is 3. The highest BCUT2D eigenvalue weighted by molar-refractivity contribution is 6.35. The first-order valence-electron chi connectivity index (χ1n) is 17.8. The van der Waals surface area contributed by atoms with Crippen LogP contribution >= 0.6 is 11.6 Å². The van der Waals surface area contributed by atoms with E-state index in [-0.39, 0.29) is 5.82 Å². The zero-order valence-electron chi connectivity index (χ0n) is 28.9. The Balaban J connectivity index is 1.24. The van der Waals surface area contributed by atoms with Crippen molar-refractivity contribution in [2.24, 2.45) is 7.05 Å². The summed E-state index contributed by atoms with van der Waals surface area (Å²) in [6.45, 7) is 10.0. The van der Waals surface area contributed by atoms with Crippen molar-refractivity contribution in [1.82, 2.24) is 24.1 Å². The number of hydrogen-bond donors (Lipinski definition) is 1. The van der Waals surface area contributed by atoms with Crippen LogP contribution in [-0.4, -0.2) is 87.8 Å². The number of hydrogen-bond acceptors (Lipinski definition) is 6. The smallest absolute Gasteiger partial charge is 0.352 e. The van der Waals surface area contributed by atoms with Crippen LogP contribution in [0.15, 0.2) is 48.5 Å². The van der Waals surface area contributed by atoms with Gasteiger partial charge in [-0.3, -0.25) is 14.5 Å². The predicted octanol–water partition coefficient (Wildman–Crippen LogP) is 7.19. The number of aryl methyl sites for hydroxylation is 3.